The quantitative estimate of drug-likeness (QED) is 0.404. The van der Waals surface area contributed by atoms with E-state index in [2.05, 4.69) is 0 Å². The lowest BCUT2D eigenvalue weighted by Crippen LogP contribution is -2.46. The number of carboxylic acid groups (broad SMARTS) is 1. The number of aromatic nitrogens is 2. The SMILES string of the molecule is Cc1ccc(-c2nc3c(nc2-c2ccc(Cl)cc2)N(CCCCCCC(=O)O)C(=O)C(O)C3)cc1. The number of carbonyl (C=O) groups excluding carboxylic acids is 1. The van der Waals surface area contributed by atoms with E-state index in [-0.39, 0.29) is 18.7 Å². The van der Waals surface area contributed by atoms with Gasteiger partial charge in [-0.3, -0.25) is 14.5 Å². The topological polar surface area (TPSA) is 104 Å². The minimum absolute atomic E-state index is 0.107. The van der Waals surface area contributed by atoms with Gasteiger partial charge in [0.15, 0.2) is 5.82 Å². The maximum absolute atomic E-state index is 12.9. The predicted octanol–water partition coefficient (Wildman–Crippen LogP) is 5.06. The highest BCUT2D eigenvalue weighted by molar-refractivity contribution is 6.30. The first-order chi connectivity index (χ1) is 16.8. The fraction of sp³-hybridized carbons (Fsp3) is 0.333. The molecular formula is C27H28ClN3O4. The van der Waals surface area contributed by atoms with Crippen LogP contribution in [0, 0.1) is 6.92 Å². The molecule has 8 heteroatoms. The Kier molecular flexibility index (Phi) is 7.78. The average Bonchev–Trinajstić information content (AvgIpc) is 2.83. The third-order valence-corrected chi connectivity index (χ3v) is 6.36. The Labute approximate surface area is 209 Å². The van der Waals surface area contributed by atoms with Crippen LogP contribution in [0.25, 0.3) is 22.5 Å². The Morgan fingerprint density at radius 1 is 0.971 bits per heavy atom. The van der Waals surface area contributed by atoms with Crippen molar-refractivity contribution in [1.29, 1.82) is 0 Å². The van der Waals surface area contributed by atoms with E-state index in [1.807, 2.05) is 43.3 Å². The molecule has 0 saturated carbocycles. The van der Waals surface area contributed by atoms with Gasteiger partial charge >= 0.3 is 5.97 Å². The van der Waals surface area contributed by atoms with Crippen LogP contribution >= 0.6 is 11.6 Å². The van der Waals surface area contributed by atoms with Crippen molar-refractivity contribution in [2.75, 3.05) is 11.4 Å². The molecule has 0 saturated heterocycles. The van der Waals surface area contributed by atoms with Gasteiger partial charge in [0, 0.05) is 35.5 Å². The molecule has 2 aromatic carbocycles. The molecule has 1 aromatic heterocycles. The van der Waals surface area contributed by atoms with Gasteiger partial charge in [0.05, 0.1) is 17.1 Å². The molecular weight excluding hydrogens is 466 g/mol. The number of unbranched alkanes of at least 4 members (excludes halogenated alkanes) is 3. The van der Waals surface area contributed by atoms with E-state index >= 15 is 0 Å². The minimum atomic E-state index is -1.17. The first-order valence-electron chi connectivity index (χ1n) is 11.8. The number of rotatable bonds is 9. The first kappa shape index (κ1) is 24.8. The largest absolute Gasteiger partial charge is 0.481 e. The zero-order valence-electron chi connectivity index (χ0n) is 19.6. The monoisotopic (exact) mass is 493 g/mol. The molecule has 0 aliphatic carbocycles. The van der Waals surface area contributed by atoms with Crippen LogP contribution in [0.4, 0.5) is 5.82 Å². The van der Waals surface area contributed by atoms with E-state index in [0.717, 1.165) is 29.5 Å². The number of carbonyl (C=O) groups is 2. The van der Waals surface area contributed by atoms with Gasteiger partial charge in [-0.05, 0) is 31.9 Å². The molecule has 7 nitrogen and oxygen atoms in total. The number of aliphatic carboxylic acids is 1. The van der Waals surface area contributed by atoms with Crippen molar-refractivity contribution in [3.05, 3.63) is 64.8 Å². The molecule has 2 N–H and O–H groups in total. The highest BCUT2D eigenvalue weighted by atomic mass is 35.5. The highest BCUT2D eigenvalue weighted by Crippen LogP contribution is 2.35. The number of amides is 1. The third-order valence-electron chi connectivity index (χ3n) is 6.11. The summed E-state index contributed by atoms with van der Waals surface area (Å²) in [5, 5.41) is 19.9. The maximum atomic E-state index is 12.9. The van der Waals surface area contributed by atoms with Crippen molar-refractivity contribution in [3.63, 3.8) is 0 Å². The van der Waals surface area contributed by atoms with Gasteiger partial charge in [-0.2, -0.15) is 0 Å². The van der Waals surface area contributed by atoms with Crippen molar-refractivity contribution < 1.29 is 19.8 Å². The van der Waals surface area contributed by atoms with E-state index in [9.17, 15) is 14.7 Å². The Hall–Kier alpha value is -3.29. The predicted molar refractivity (Wildman–Crippen MR) is 135 cm³/mol. The Balaban J connectivity index is 1.70. The van der Waals surface area contributed by atoms with Crippen LogP contribution in [0.15, 0.2) is 48.5 Å². The third kappa shape index (κ3) is 5.86. The maximum Gasteiger partial charge on any atom is 0.303 e. The van der Waals surface area contributed by atoms with Crippen LogP contribution in [0.3, 0.4) is 0 Å². The fourth-order valence-electron chi connectivity index (χ4n) is 4.21. The van der Waals surface area contributed by atoms with Crippen molar-refractivity contribution in [2.24, 2.45) is 0 Å². The zero-order valence-corrected chi connectivity index (χ0v) is 20.3. The summed E-state index contributed by atoms with van der Waals surface area (Å²) in [4.78, 5) is 35.0. The van der Waals surface area contributed by atoms with Crippen LogP contribution in [-0.4, -0.2) is 44.7 Å². The van der Waals surface area contributed by atoms with E-state index in [1.165, 1.54) is 4.90 Å². The Morgan fingerprint density at radius 2 is 1.57 bits per heavy atom. The van der Waals surface area contributed by atoms with Crippen LogP contribution < -0.4 is 4.90 Å². The van der Waals surface area contributed by atoms with Gasteiger partial charge in [0.25, 0.3) is 5.91 Å². The second kappa shape index (κ2) is 11.0. The zero-order chi connectivity index (χ0) is 24.9. The molecule has 4 rings (SSSR count). The fourth-order valence-corrected chi connectivity index (χ4v) is 4.33. The number of nitrogens with zero attached hydrogens (tertiary/aromatic N) is 3. The number of fused-ring (bicyclic) bond motifs is 1. The number of anilines is 1. The summed E-state index contributed by atoms with van der Waals surface area (Å²) in [7, 11) is 0. The van der Waals surface area contributed by atoms with Gasteiger partial charge in [-0.25, -0.2) is 9.97 Å². The molecule has 1 aliphatic heterocycles. The molecule has 1 unspecified atom stereocenters. The van der Waals surface area contributed by atoms with Crippen molar-refractivity contribution in [3.8, 4) is 22.5 Å². The van der Waals surface area contributed by atoms with Crippen molar-refractivity contribution >= 4 is 29.3 Å². The Morgan fingerprint density at radius 3 is 2.23 bits per heavy atom. The van der Waals surface area contributed by atoms with Crippen LogP contribution in [0.1, 0.15) is 43.4 Å². The number of hydrogen-bond donors (Lipinski definition) is 2. The van der Waals surface area contributed by atoms with E-state index in [1.54, 1.807) is 12.1 Å². The molecule has 2 heterocycles. The van der Waals surface area contributed by atoms with Gasteiger partial charge in [-0.15, -0.1) is 0 Å². The lowest BCUT2D eigenvalue weighted by molar-refractivity contribution is -0.137. The van der Waals surface area contributed by atoms with Crippen LogP contribution in [-0.2, 0) is 16.0 Å². The van der Waals surface area contributed by atoms with E-state index in [0.29, 0.717) is 47.3 Å². The van der Waals surface area contributed by atoms with Crippen molar-refractivity contribution in [1.82, 2.24) is 9.97 Å². The first-order valence-corrected chi connectivity index (χ1v) is 12.2. The van der Waals surface area contributed by atoms with Gasteiger partial charge in [0.1, 0.15) is 6.10 Å². The summed E-state index contributed by atoms with van der Waals surface area (Å²) < 4.78 is 0. The molecule has 0 bridgehead atoms. The lowest BCUT2D eigenvalue weighted by Gasteiger charge is -2.31. The molecule has 3 aromatic rings. The molecule has 1 aliphatic rings. The molecule has 35 heavy (non-hydrogen) atoms. The molecule has 0 radical (unpaired) electrons. The van der Waals surface area contributed by atoms with Gasteiger partial charge < -0.3 is 10.2 Å². The molecule has 182 valence electrons. The summed E-state index contributed by atoms with van der Waals surface area (Å²) in [6.45, 7) is 2.40. The second-order valence-corrected chi connectivity index (χ2v) is 9.27. The summed E-state index contributed by atoms with van der Waals surface area (Å²) in [5.41, 5.74) is 4.75. The summed E-state index contributed by atoms with van der Waals surface area (Å²) in [5.74, 6) is -0.725. The number of hydrogen-bond acceptors (Lipinski definition) is 5. The number of aliphatic hydroxyl groups excluding tert-OH is 1. The molecule has 1 atom stereocenters. The molecule has 1 amide bonds. The van der Waals surface area contributed by atoms with Crippen LogP contribution in [0.2, 0.25) is 5.02 Å². The van der Waals surface area contributed by atoms with Crippen LogP contribution in [0.5, 0.6) is 0 Å². The smallest absolute Gasteiger partial charge is 0.303 e. The summed E-state index contributed by atoms with van der Waals surface area (Å²) in [6.07, 6.45) is 1.89. The number of carboxylic acids is 1. The second-order valence-electron chi connectivity index (χ2n) is 8.83. The lowest BCUT2D eigenvalue weighted by atomic mass is 10.0. The standard InChI is InChI=1S/C27H28ClN3O4/c1-17-7-9-18(10-8-17)24-25(19-11-13-20(28)14-12-19)30-26-21(29-24)16-22(32)27(35)31(26)15-5-3-2-4-6-23(33)34/h7-14,22,32H,2-6,15-16H2,1H3,(H,33,34). The number of aryl methyl sites for hydroxylation is 1. The normalized spacial score (nSPS) is 15.2. The van der Waals surface area contributed by atoms with E-state index in [4.69, 9.17) is 26.7 Å². The number of halogens is 1. The molecule has 0 spiro atoms. The van der Waals surface area contributed by atoms with E-state index < -0.39 is 12.1 Å². The average molecular weight is 494 g/mol. The minimum Gasteiger partial charge on any atom is -0.481 e. The molecule has 0 fully saturated rings. The summed E-state index contributed by atoms with van der Waals surface area (Å²) >= 11 is 6.11. The number of benzene rings is 2. The van der Waals surface area contributed by atoms with Gasteiger partial charge in [0.2, 0.25) is 0 Å². The summed E-state index contributed by atoms with van der Waals surface area (Å²) in [6, 6.07) is 15.3. The Bertz CT molecular complexity index is 1210. The number of aliphatic hydroxyl groups is 1. The van der Waals surface area contributed by atoms with Gasteiger partial charge in [-0.1, -0.05) is 66.4 Å². The van der Waals surface area contributed by atoms with Crippen molar-refractivity contribution in [2.45, 2.75) is 51.6 Å². The highest BCUT2D eigenvalue weighted by Gasteiger charge is 2.34.